The van der Waals surface area contributed by atoms with Crippen molar-refractivity contribution in [2.75, 3.05) is 11.5 Å². The number of hydrogen-bond donors (Lipinski definition) is 2. The summed E-state index contributed by atoms with van der Waals surface area (Å²) < 4.78 is 49.7. The highest BCUT2D eigenvalue weighted by Gasteiger charge is 2.28. The highest BCUT2D eigenvalue weighted by molar-refractivity contribution is 7.91. The Bertz CT molecular complexity index is 754. The fourth-order valence-electron chi connectivity index (χ4n) is 2.20. The van der Waals surface area contributed by atoms with Crippen LogP contribution in [0.15, 0.2) is 29.2 Å². The fraction of sp³-hybridized carbons (Fsp3) is 0.417. The Morgan fingerprint density at radius 2 is 2.05 bits per heavy atom. The number of carbonyl (C=O) groups is 1. The SMILES string of the molecule is O=C(O)c1cccc(S(=O)(=O)NC2CCCS(=O)(=O)C2)c1. The second kappa shape index (κ2) is 5.74. The van der Waals surface area contributed by atoms with E-state index in [1.165, 1.54) is 18.2 Å². The molecule has 0 saturated carbocycles. The van der Waals surface area contributed by atoms with E-state index in [1.807, 2.05) is 0 Å². The molecule has 0 aromatic heterocycles. The molecule has 1 atom stereocenters. The highest BCUT2D eigenvalue weighted by atomic mass is 32.2. The summed E-state index contributed by atoms with van der Waals surface area (Å²) in [5.41, 5.74) is -0.144. The third kappa shape index (κ3) is 4.02. The molecule has 21 heavy (non-hydrogen) atoms. The van der Waals surface area contributed by atoms with Crippen LogP contribution in [-0.2, 0) is 19.9 Å². The molecular formula is C12H15NO6S2. The van der Waals surface area contributed by atoms with Crippen molar-refractivity contribution in [1.29, 1.82) is 0 Å². The molecular weight excluding hydrogens is 318 g/mol. The van der Waals surface area contributed by atoms with Gasteiger partial charge in [-0.25, -0.2) is 26.4 Å². The molecule has 0 amide bonds. The van der Waals surface area contributed by atoms with Gasteiger partial charge < -0.3 is 5.11 Å². The zero-order valence-electron chi connectivity index (χ0n) is 11.0. The molecule has 1 aromatic rings. The van der Waals surface area contributed by atoms with Gasteiger partial charge in [-0.3, -0.25) is 0 Å². The van der Waals surface area contributed by atoms with Crippen LogP contribution in [-0.4, -0.2) is 45.5 Å². The van der Waals surface area contributed by atoms with Crippen LogP contribution >= 0.6 is 0 Å². The van der Waals surface area contributed by atoms with Crippen LogP contribution in [0.1, 0.15) is 23.2 Å². The molecule has 0 spiro atoms. The van der Waals surface area contributed by atoms with Gasteiger partial charge in [-0.05, 0) is 31.0 Å². The maximum Gasteiger partial charge on any atom is 0.335 e. The maximum absolute atomic E-state index is 12.2. The van der Waals surface area contributed by atoms with Crippen molar-refractivity contribution in [2.24, 2.45) is 0 Å². The van der Waals surface area contributed by atoms with E-state index in [2.05, 4.69) is 4.72 Å². The van der Waals surface area contributed by atoms with Gasteiger partial charge in [0.25, 0.3) is 0 Å². The molecule has 7 nitrogen and oxygen atoms in total. The van der Waals surface area contributed by atoms with Gasteiger partial charge >= 0.3 is 5.97 Å². The zero-order chi connectivity index (χ0) is 15.7. The fourth-order valence-corrected chi connectivity index (χ4v) is 5.26. The third-order valence-electron chi connectivity index (χ3n) is 3.18. The number of carboxylic acids is 1. The van der Waals surface area contributed by atoms with E-state index in [0.29, 0.717) is 12.8 Å². The minimum atomic E-state index is -3.94. The van der Waals surface area contributed by atoms with Crippen LogP contribution in [0.4, 0.5) is 0 Å². The normalized spacial score (nSPS) is 21.8. The van der Waals surface area contributed by atoms with Crippen molar-refractivity contribution in [3.8, 4) is 0 Å². The first kappa shape index (κ1) is 15.9. The number of aromatic carboxylic acids is 1. The van der Waals surface area contributed by atoms with E-state index in [1.54, 1.807) is 0 Å². The van der Waals surface area contributed by atoms with Crippen LogP contribution in [0, 0.1) is 0 Å². The van der Waals surface area contributed by atoms with Gasteiger partial charge in [0.05, 0.1) is 22.0 Å². The Balaban J connectivity index is 2.22. The number of hydrogen-bond acceptors (Lipinski definition) is 5. The van der Waals surface area contributed by atoms with Gasteiger partial charge in [-0.1, -0.05) is 6.07 Å². The zero-order valence-corrected chi connectivity index (χ0v) is 12.7. The van der Waals surface area contributed by atoms with Crippen molar-refractivity contribution < 1.29 is 26.7 Å². The average molecular weight is 333 g/mol. The molecule has 0 radical (unpaired) electrons. The largest absolute Gasteiger partial charge is 0.478 e. The Kier molecular flexibility index (Phi) is 4.35. The molecule has 1 saturated heterocycles. The molecule has 1 heterocycles. The van der Waals surface area contributed by atoms with Crippen LogP contribution < -0.4 is 4.72 Å². The molecule has 9 heteroatoms. The first-order valence-electron chi connectivity index (χ1n) is 6.26. The summed E-state index contributed by atoms with van der Waals surface area (Å²) in [4.78, 5) is 10.7. The molecule has 1 aliphatic heterocycles. The lowest BCUT2D eigenvalue weighted by Gasteiger charge is -2.22. The first-order valence-corrected chi connectivity index (χ1v) is 9.56. The van der Waals surface area contributed by atoms with Crippen molar-refractivity contribution in [2.45, 2.75) is 23.8 Å². The topological polar surface area (TPSA) is 118 Å². The van der Waals surface area contributed by atoms with Crippen molar-refractivity contribution >= 4 is 25.8 Å². The standard InChI is InChI=1S/C12H15NO6S2/c14-12(15)9-3-1-5-11(7-9)21(18,19)13-10-4-2-6-20(16,17)8-10/h1,3,5,7,10,13H,2,4,6,8H2,(H,14,15). The smallest absolute Gasteiger partial charge is 0.335 e. The first-order chi connectivity index (χ1) is 9.70. The van der Waals surface area contributed by atoms with E-state index in [4.69, 9.17) is 5.11 Å². The summed E-state index contributed by atoms with van der Waals surface area (Å²) in [5.74, 6) is -1.39. The van der Waals surface area contributed by atoms with Gasteiger partial charge in [-0.15, -0.1) is 0 Å². The van der Waals surface area contributed by atoms with Crippen LogP contribution in [0.25, 0.3) is 0 Å². The molecule has 1 aliphatic rings. The Labute approximate surface area is 123 Å². The van der Waals surface area contributed by atoms with Crippen molar-refractivity contribution in [1.82, 2.24) is 4.72 Å². The molecule has 116 valence electrons. The predicted molar refractivity (Wildman–Crippen MR) is 75.4 cm³/mol. The molecule has 1 unspecified atom stereocenters. The maximum atomic E-state index is 12.2. The molecule has 2 N–H and O–H groups in total. The van der Waals surface area contributed by atoms with Crippen molar-refractivity contribution in [3.63, 3.8) is 0 Å². The van der Waals surface area contributed by atoms with Gasteiger partial charge in [0.15, 0.2) is 9.84 Å². The van der Waals surface area contributed by atoms with Gasteiger partial charge in [0.1, 0.15) is 0 Å². The Morgan fingerprint density at radius 3 is 2.67 bits per heavy atom. The van der Waals surface area contributed by atoms with Gasteiger partial charge in [0, 0.05) is 6.04 Å². The van der Waals surface area contributed by atoms with E-state index in [9.17, 15) is 21.6 Å². The van der Waals surface area contributed by atoms with E-state index >= 15 is 0 Å². The number of sulfone groups is 1. The predicted octanol–water partition coefficient (Wildman–Crippen LogP) is 0.240. The lowest BCUT2D eigenvalue weighted by atomic mass is 10.2. The number of carboxylic acid groups (broad SMARTS) is 1. The second-order valence-electron chi connectivity index (χ2n) is 4.91. The average Bonchev–Trinajstić information content (AvgIpc) is 2.37. The van der Waals surface area contributed by atoms with Crippen molar-refractivity contribution in [3.05, 3.63) is 29.8 Å². The number of benzene rings is 1. The van der Waals surface area contributed by atoms with E-state index in [0.717, 1.165) is 6.07 Å². The monoisotopic (exact) mass is 333 g/mol. The minimum absolute atomic E-state index is 0.0692. The van der Waals surface area contributed by atoms with Gasteiger partial charge in [-0.2, -0.15) is 0 Å². The molecule has 2 rings (SSSR count). The molecule has 1 fully saturated rings. The highest BCUT2D eigenvalue weighted by Crippen LogP contribution is 2.17. The number of rotatable bonds is 4. The summed E-state index contributed by atoms with van der Waals surface area (Å²) in [7, 11) is -7.17. The summed E-state index contributed by atoms with van der Waals surface area (Å²) in [5, 5.41) is 8.87. The molecule has 0 bridgehead atoms. The lowest BCUT2D eigenvalue weighted by Crippen LogP contribution is -2.43. The quantitative estimate of drug-likeness (QED) is 0.815. The van der Waals surface area contributed by atoms with Crippen LogP contribution in [0.5, 0.6) is 0 Å². The second-order valence-corrected chi connectivity index (χ2v) is 8.85. The Morgan fingerprint density at radius 1 is 1.33 bits per heavy atom. The molecule has 0 aliphatic carbocycles. The summed E-state index contributed by atoms with van der Waals surface area (Å²) in [6.07, 6.45) is 0.849. The summed E-state index contributed by atoms with van der Waals surface area (Å²) >= 11 is 0. The van der Waals surface area contributed by atoms with E-state index < -0.39 is 31.9 Å². The van der Waals surface area contributed by atoms with Crippen LogP contribution in [0.2, 0.25) is 0 Å². The number of nitrogens with one attached hydrogen (secondary N) is 1. The van der Waals surface area contributed by atoms with E-state index in [-0.39, 0.29) is 22.0 Å². The van der Waals surface area contributed by atoms with Crippen LogP contribution in [0.3, 0.4) is 0 Å². The summed E-state index contributed by atoms with van der Waals surface area (Å²) in [6.45, 7) is 0. The minimum Gasteiger partial charge on any atom is -0.478 e. The Hall–Kier alpha value is -1.45. The molecule has 1 aromatic carbocycles. The summed E-state index contributed by atoms with van der Waals surface area (Å²) in [6, 6.07) is 4.25. The third-order valence-corrected chi connectivity index (χ3v) is 6.52. The van der Waals surface area contributed by atoms with Gasteiger partial charge in [0.2, 0.25) is 10.0 Å². The number of sulfonamides is 1. The lowest BCUT2D eigenvalue weighted by molar-refractivity contribution is 0.0696.